The third-order valence-corrected chi connectivity index (χ3v) is 4.11. The van der Waals surface area contributed by atoms with Crippen molar-refractivity contribution in [3.63, 3.8) is 0 Å². The molecule has 0 fully saturated rings. The van der Waals surface area contributed by atoms with Crippen LogP contribution in [0.15, 0.2) is 30.3 Å². The summed E-state index contributed by atoms with van der Waals surface area (Å²) >= 11 is 0. The molecule has 2 rings (SSSR count). The molecule has 1 aromatic carbocycles. The predicted octanol–water partition coefficient (Wildman–Crippen LogP) is 2.82. The summed E-state index contributed by atoms with van der Waals surface area (Å²) in [5, 5.41) is 6.97. The lowest BCUT2D eigenvalue weighted by atomic mass is 10.1. The van der Waals surface area contributed by atoms with Gasteiger partial charge in [0.2, 0.25) is 5.91 Å². The van der Waals surface area contributed by atoms with E-state index in [0.29, 0.717) is 17.7 Å². The third kappa shape index (κ3) is 5.37. The van der Waals surface area contributed by atoms with Crippen LogP contribution in [0.5, 0.6) is 0 Å². The molecule has 27 heavy (non-hydrogen) atoms. The Morgan fingerprint density at radius 3 is 2.41 bits per heavy atom. The minimum Gasteiger partial charge on any atom is -0.454 e. The molecular formula is C20H23N3O4. The Labute approximate surface area is 158 Å². The van der Waals surface area contributed by atoms with Crippen LogP contribution in [0.3, 0.4) is 0 Å². The van der Waals surface area contributed by atoms with Gasteiger partial charge in [0, 0.05) is 42.1 Å². The quantitative estimate of drug-likeness (QED) is 0.460. The summed E-state index contributed by atoms with van der Waals surface area (Å²) in [4.78, 5) is 35.3. The highest BCUT2D eigenvalue weighted by Crippen LogP contribution is 2.14. The van der Waals surface area contributed by atoms with Crippen molar-refractivity contribution in [1.82, 2.24) is 9.78 Å². The van der Waals surface area contributed by atoms with E-state index in [1.807, 2.05) is 20.9 Å². The largest absolute Gasteiger partial charge is 0.454 e. The molecule has 0 bridgehead atoms. The van der Waals surface area contributed by atoms with Crippen LogP contribution in [0.1, 0.15) is 40.7 Å². The number of benzene rings is 1. The van der Waals surface area contributed by atoms with Crippen molar-refractivity contribution in [1.29, 1.82) is 0 Å². The average molecular weight is 369 g/mol. The van der Waals surface area contributed by atoms with E-state index in [9.17, 15) is 14.4 Å². The van der Waals surface area contributed by atoms with Crippen LogP contribution in [-0.4, -0.2) is 34.0 Å². The van der Waals surface area contributed by atoms with Crippen LogP contribution in [0.4, 0.5) is 5.69 Å². The van der Waals surface area contributed by atoms with Crippen LogP contribution >= 0.6 is 0 Å². The summed E-state index contributed by atoms with van der Waals surface area (Å²) in [7, 11) is 1.83. The number of carbonyl (C=O) groups excluding carboxylic acids is 3. The summed E-state index contributed by atoms with van der Waals surface area (Å²) in [6, 6.07) is 6.44. The lowest BCUT2D eigenvalue weighted by molar-refractivity contribution is -0.136. The highest BCUT2D eigenvalue weighted by Gasteiger charge is 2.10. The second-order valence-electron chi connectivity index (χ2n) is 6.05. The lowest BCUT2D eigenvalue weighted by Crippen LogP contribution is -2.13. The molecule has 1 amide bonds. The van der Waals surface area contributed by atoms with Crippen molar-refractivity contribution < 1.29 is 19.1 Å². The molecule has 7 nitrogen and oxygen atoms in total. The van der Waals surface area contributed by atoms with Crippen molar-refractivity contribution in [2.45, 2.75) is 27.2 Å². The summed E-state index contributed by atoms with van der Waals surface area (Å²) in [5.41, 5.74) is 3.61. The van der Waals surface area contributed by atoms with Crippen molar-refractivity contribution in [2.75, 3.05) is 11.9 Å². The molecule has 7 heteroatoms. The van der Waals surface area contributed by atoms with Crippen LogP contribution in [0.25, 0.3) is 6.08 Å². The molecule has 0 radical (unpaired) electrons. The molecular weight excluding hydrogens is 346 g/mol. The molecule has 0 atom stereocenters. The van der Waals surface area contributed by atoms with Gasteiger partial charge in [0.25, 0.3) is 0 Å². The standard InChI is InChI=1S/C20H23N3O4/c1-5-19(25)21-16-8-6-15(7-9-16)18(24)12-27-20(26)11-10-17-13(2)22-23(4)14(17)3/h6-11H,5,12H2,1-4H3,(H,21,25)/b11-10+. The number of anilines is 1. The maximum atomic E-state index is 12.1. The summed E-state index contributed by atoms with van der Waals surface area (Å²) in [5.74, 6) is -1.02. The first-order valence-electron chi connectivity index (χ1n) is 8.60. The van der Waals surface area contributed by atoms with Gasteiger partial charge in [-0.05, 0) is 44.2 Å². The number of hydrogen-bond donors (Lipinski definition) is 1. The Morgan fingerprint density at radius 2 is 1.85 bits per heavy atom. The topological polar surface area (TPSA) is 90.3 Å². The minimum absolute atomic E-state index is 0.103. The lowest BCUT2D eigenvalue weighted by Gasteiger charge is -2.05. The van der Waals surface area contributed by atoms with E-state index in [-0.39, 0.29) is 18.3 Å². The number of ether oxygens (including phenoxy) is 1. The maximum absolute atomic E-state index is 12.1. The number of hydrogen-bond acceptors (Lipinski definition) is 5. The second kappa shape index (κ2) is 8.93. The van der Waals surface area contributed by atoms with Gasteiger partial charge in [-0.25, -0.2) is 4.79 Å². The van der Waals surface area contributed by atoms with Crippen LogP contribution < -0.4 is 5.32 Å². The fourth-order valence-electron chi connectivity index (χ4n) is 2.44. The number of ketones is 1. The molecule has 0 saturated carbocycles. The Kier molecular flexibility index (Phi) is 6.65. The van der Waals surface area contributed by atoms with Gasteiger partial charge in [0.1, 0.15) is 0 Å². The molecule has 0 spiro atoms. The van der Waals surface area contributed by atoms with Crippen molar-refractivity contribution in [2.24, 2.45) is 7.05 Å². The monoisotopic (exact) mass is 369 g/mol. The zero-order valence-corrected chi connectivity index (χ0v) is 15.9. The molecule has 0 aliphatic heterocycles. The predicted molar refractivity (Wildman–Crippen MR) is 102 cm³/mol. The SMILES string of the molecule is CCC(=O)Nc1ccc(C(=O)COC(=O)/C=C/c2c(C)nn(C)c2C)cc1. The smallest absolute Gasteiger partial charge is 0.331 e. The third-order valence-electron chi connectivity index (χ3n) is 4.11. The van der Waals surface area contributed by atoms with Gasteiger partial charge < -0.3 is 10.1 Å². The molecule has 1 N–H and O–H groups in total. The van der Waals surface area contributed by atoms with Gasteiger partial charge in [0.05, 0.1) is 5.69 Å². The van der Waals surface area contributed by atoms with Gasteiger partial charge in [-0.15, -0.1) is 0 Å². The van der Waals surface area contributed by atoms with E-state index in [1.54, 1.807) is 41.9 Å². The fourth-order valence-corrected chi connectivity index (χ4v) is 2.44. The summed E-state index contributed by atoms with van der Waals surface area (Å²) in [6.45, 7) is 5.16. The summed E-state index contributed by atoms with van der Waals surface area (Å²) < 4.78 is 6.74. The van der Waals surface area contributed by atoms with Crippen LogP contribution in [0, 0.1) is 13.8 Å². The van der Waals surface area contributed by atoms with Gasteiger partial charge in [0.15, 0.2) is 12.4 Å². The number of carbonyl (C=O) groups is 3. The van der Waals surface area contributed by atoms with Gasteiger partial charge >= 0.3 is 5.97 Å². The van der Waals surface area contributed by atoms with E-state index in [0.717, 1.165) is 17.0 Å². The van der Waals surface area contributed by atoms with E-state index in [4.69, 9.17) is 4.74 Å². The second-order valence-corrected chi connectivity index (χ2v) is 6.05. The number of amides is 1. The number of aryl methyl sites for hydroxylation is 2. The number of nitrogens with one attached hydrogen (secondary N) is 1. The summed E-state index contributed by atoms with van der Waals surface area (Å²) in [6.07, 6.45) is 3.30. The Hall–Kier alpha value is -3.22. The van der Waals surface area contributed by atoms with Gasteiger partial charge in [-0.2, -0.15) is 5.10 Å². The van der Waals surface area contributed by atoms with Gasteiger partial charge in [-0.1, -0.05) is 6.92 Å². The van der Waals surface area contributed by atoms with Crippen LogP contribution in [0.2, 0.25) is 0 Å². The zero-order valence-electron chi connectivity index (χ0n) is 15.9. The highest BCUT2D eigenvalue weighted by molar-refractivity contribution is 5.99. The fraction of sp³-hybridized carbons (Fsp3) is 0.300. The van der Waals surface area contributed by atoms with Crippen molar-refractivity contribution in [3.05, 3.63) is 52.9 Å². The number of rotatable bonds is 7. The molecule has 1 heterocycles. The molecule has 2 aromatic rings. The zero-order chi connectivity index (χ0) is 20.0. The van der Waals surface area contributed by atoms with Gasteiger partial charge in [-0.3, -0.25) is 14.3 Å². The molecule has 0 aliphatic carbocycles. The van der Waals surface area contributed by atoms with E-state index < -0.39 is 5.97 Å². The molecule has 142 valence electrons. The number of aromatic nitrogens is 2. The Morgan fingerprint density at radius 1 is 1.19 bits per heavy atom. The van der Waals surface area contributed by atoms with Crippen LogP contribution in [-0.2, 0) is 21.4 Å². The first kappa shape index (κ1) is 20.1. The minimum atomic E-state index is -0.599. The van der Waals surface area contributed by atoms with E-state index in [1.165, 1.54) is 6.08 Å². The van der Waals surface area contributed by atoms with E-state index >= 15 is 0 Å². The number of Topliss-reactive ketones (excluding diaryl/α,β-unsaturated/α-hetero) is 1. The maximum Gasteiger partial charge on any atom is 0.331 e. The Balaban J connectivity index is 1.90. The number of esters is 1. The van der Waals surface area contributed by atoms with Crippen molar-refractivity contribution in [3.8, 4) is 0 Å². The average Bonchev–Trinajstić information content (AvgIpc) is 2.90. The molecule has 1 aromatic heterocycles. The highest BCUT2D eigenvalue weighted by atomic mass is 16.5. The van der Waals surface area contributed by atoms with E-state index in [2.05, 4.69) is 10.4 Å². The normalized spacial score (nSPS) is 10.8. The molecule has 0 unspecified atom stereocenters. The Bertz CT molecular complexity index is 879. The number of nitrogens with zero attached hydrogens (tertiary/aromatic N) is 2. The first-order valence-corrected chi connectivity index (χ1v) is 8.60. The molecule has 0 saturated heterocycles. The molecule has 0 aliphatic rings. The first-order chi connectivity index (χ1) is 12.8. The van der Waals surface area contributed by atoms with Crippen molar-refractivity contribution >= 4 is 29.4 Å².